The van der Waals surface area contributed by atoms with Gasteiger partial charge < -0.3 is 4.74 Å². The molecule has 152 valence electrons. The molecule has 6 nitrogen and oxygen atoms in total. The molecule has 2 aromatic rings. The number of halogens is 1. The van der Waals surface area contributed by atoms with Crippen LogP contribution in [0.2, 0.25) is 0 Å². The van der Waals surface area contributed by atoms with Crippen molar-refractivity contribution >= 4 is 37.8 Å². The summed E-state index contributed by atoms with van der Waals surface area (Å²) in [6.45, 7) is 0. The second-order valence-corrected chi connectivity index (χ2v) is 10.1. The molecule has 2 aliphatic rings. The molecule has 1 N–H and O–H groups in total. The van der Waals surface area contributed by atoms with Gasteiger partial charge in [0.05, 0.1) is 17.9 Å². The summed E-state index contributed by atoms with van der Waals surface area (Å²) in [6.07, 6.45) is 1.60. The third-order valence-corrected chi connectivity index (χ3v) is 7.49. The lowest BCUT2D eigenvalue weighted by Crippen LogP contribution is -2.32. The molecule has 0 radical (unpaired) electrons. The summed E-state index contributed by atoms with van der Waals surface area (Å²) in [7, 11) is -2.62. The predicted molar refractivity (Wildman–Crippen MR) is 110 cm³/mol. The van der Waals surface area contributed by atoms with E-state index in [0.717, 1.165) is 21.2 Å². The fourth-order valence-electron chi connectivity index (χ4n) is 3.93. The Morgan fingerprint density at radius 1 is 1.07 bits per heavy atom. The van der Waals surface area contributed by atoms with E-state index in [1.165, 1.54) is 13.2 Å². The third kappa shape index (κ3) is 4.09. The van der Waals surface area contributed by atoms with E-state index in [-0.39, 0.29) is 28.6 Å². The lowest BCUT2D eigenvalue weighted by Gasteiger charge is -2.09. The summed E-state index contributed by atoms with van der Waals surface area (Å²) < 4.78 is 33.4. The number of rotatable bonds is 5. The quantitative estimate of drug-likeness (QED) is 0.668. The number of sulfonamides is 1. The maximum absolute atomic E-state index is 12.7. The van der Waals surface area contributed by atoms with E-state index in [0.29, 0.717) is 19.3 Å². The molecular weight excluding hydrogens is 458 g/mol. The first-order valence-corrected chi connectivity index (χ1v) is 11.6. The highest BCUT2D eigenvalue weighted by Gasteiger charge is 2.45. The normalized spacial score (nSPS) is 22.6. The first kappa shape index (κ1) is 20.1. The molecular formula is C21H20BrNO5S. The van der Waals surface area contributed by atoms with Gasteiger partial charge >= 0.3 is 5.97 Å². The smallest absolute Gasteiger partial charge is 0.309 e. The van der Waals surface area contributed by atoms with Crippen LogP contribution in [-0.2, 0) is 37.2 Å². The van der Waals surface area contributed by atoms with Gasteiger partial charge in [-0.05, 0) is 66.1 Å². The molecule has 29 heavy (non-hydrogen) atoms. The average molecular weight is 478 g/mol. The maximum atomic E-state index is 12.7. The van der Waals surface area contributed by atoms with Crippen molar-refractivity contribution in [1.82, 2.24) is 4.72 Å². The zero-order chi connectivity index (χ0) is 20.8. The van der Waals surface area contributed by atoms with E-state index in [1.807, 2.05) is 24.3 Å². The lowest BCUT2D eigenvalue weighted by atomic mass is 10.1. The van der Waals surface area contributed by atoms with Crippen molar-refractivity contribution in [2.45, 2.75) is 30.1 Å². The molecule has 1 saturated carbocycles. The number of carbonyl (C=O) groups excluding carboxylic acids is 2. The molecule has 1 unspecified atom stereocenters. The standard InChI is InChI=1S/C21H20BrNO5S/c1-28-21(25)15-8-13-4-7-17(10-14(13)9-15)29(26,27)23-20(24)19-11-18(19)12-2-5-16(22)6-3-12/h2-7,10,15,18-19H,8-9,11H2,1H3,(H,23,24)/t15?,18-,19+/m0/s1. The number of amides is 1. The molecule has 0 aromatic heterocycles. The Kier molecular flexibility index (Phi) is 5.25. The van der Waals surface area contributed by atoms with Gasteiger partial charge in [0.2, 0.25) is 5.91 Å². The Morgan fingerprint density at radius 2 is 1.76 bits per heavy atom. The second-order valence-electron chi connectivity index (χ2n) is 7.53. The Morgan fingerprint density at radius 3 is 2.45 bits per heavy atom. The molecule has 2 aliphatic carbocycles. The molecule has 1 amide bonds. The second kappa shape index (κ2) is 7.57. The van der Waals surface area contributed by atoms with E-state index >= 15 is 0 Å². The van der Waals surface area contributed by atoms with Crippen molar-refractivity contribution in [1.29, 1.82) is 0 Å². The number of ether oxygens (including phenoxy) is 1. The van der Waals surface area contributed by atoms with Crippen molar-refractivity contribution < 1.29 is 22.7 Å². The summed E-state index contributed by atoms with van der Waals surface area (Å²) in [5, 5.41) is 0. The predicted octanol–water partition coefficient (Wildman–Crippen LogP) is 2.95. The molecule has 0 bridgehead atoms. The van der Waals surface area contributed by atoms with E-state index in [1.54, 1.807) is 12.1 Å². The lowest BCUT2D eigenvalue weighted by molar-refractivity contribution is -0.145. The highest BCUT2D eigenvalue weighted by Crippen LogP contribution is 2.47. The fourth-order valence-corrected chi connectivity index (χ4v) is 5.27. The molecule has 0 spiro atoms. The molecule has 2 aromatic carbocycles. The number of methoxy groups -OCH3 is 1. The topological polar surface area (TPSA) is 89.5 Å². The third-order valence-electron chi connectivity index (χ3n) is 5.62. The van der Waals surface area contributed by atoms with Gasteiger partial charge in [-0.2, -0.15) is 0 Å². The summed E-state index contributed by atoms with van der Waals surface area (Å²) in [6, 6.07) is 12.4. The van der Waals surface area contributed by atoms with Gasteiger partial charge in [-0.25, -0.2) is 13.1 Å². The van der Waals surface area contributed by atoms with Crippen molar-refractivity contribution in [2.75, 3.05) is 7.11 Å². The van der Waals surface area contributed by atoms with E-state index < -0.39 is 15.9 Å². The Bertz CT molecular complexity index is 1080. The van der Waals surface area contributed by atoms with Gasteiger partial charge in [-0.3, -0.25) is 9.59 Å². The van der Waals surface area contributed by atoms with Crippen LogP contribution in [0.1, 0.15) is 29.0 Å². The Balaban J connectivity index is 1.44. The van der Waals surface area contributed by atoms with Gasteiger partial charge in [0, 0.05) is 10.4 Å². The Labute approximate surface area is 177 Å². The zero-order valence-corrected chi connectivity index (χ0v) is 18.1. The van der Waals surface area contributed by atoms with Crippen LogP contribution in [0.3, 0.4) is 0 Å². The summed E-state index contributed by atoms with van der Waals surface area (Å²) in [5.74, 6) is -1.37. The van der Waals surface area contributed by atoms with Crippen molar-refractivity contribution in [3.63, 3.8) is 0 Å². The van der Waals surface area contributed by atoms with Gasteiger partial charge in [-0.1, -0.05) is 34.1 Å². The molecule has 3 atom stereocenters. The molecule has 0 aliphatic heterocycles. The minimum absolute atomic E-state index is 0.0379. The fraction of sp³-hybridized carbons (Fsp3) is 0.333. The number of nitrogens with one attached hydrogen (secondary N) is 1. The van der Waals surface area contributed by atoms with Crippen LogP contribution in [0.5, 0.6) is 0 Å². The first-order valence-electron chi connectivity index (χ1n) is 9.30. The minimum atomic E-state index is -3.96. The van der Waals surface area contributed by atoms with E-state index in [2.05, 4.69) is 20.7 Å². The molecule has 4 rings (SSSR count). The van der Waals surface area contributed by atoms with Gasteiger partial charge in [0.15, 0.2) is 0 Å². The van der Waals surface area contributed by atoms with Gasteiger partial charge in [0.1, 0.15) is 0 Å². The number of fused-ring (bicyclic) bond motifs is 1. The molecule has 8 heteroatoms. The molecule has 1 fully saturated rings. The maximum Gasteiger partial charge on any atom is 0.309 e. The highest BCUT2D eigenvalue weighted by atomic mass is 79.9. The number of hydrogen-bond acceptors (Lipinski definition) is 5. The monoisotopic (exact) mass is 477 g/mol. The molecule has 0 heterocycles. The van der Waals surface area contributed by atoms with Crippen LogP contribution in [0, 0.1) is 11.8 Å². The van der Waals surface area contributed by atoms with E-state index in [4.69, 9.17) is 4.74 Å². The minimum Gasteiger partial charge on any atom is -0.469 e. The zero-order valence-electron chi connectivity index (χ0n) is 15.7. The summed E-state index contributed by atoms with van der Waals surface area (Å²) in [4.78, 5) is 24.3. The van der Waals surface area contributed by atoms with Crippen molar-refractivity contribution in [3.05, 3.63) is 63.6 Å². The van der Waals surface area contributed by atoms with Crippen LogP contribution in [0.4, 0.5) is 0 Å². The number of benzene rings is 2. The van der Waals surface area contributed by atoms with Crippen LogP contribution in [0.25, 0.3) is 0 Å². The Hall–Kier alpha value is -2.19. The summed E-state index contributed by atoms with van der Waals surface area (Å²) in [5.41, 5.74) is 2.76. The average Bonchev–Trinajstić information content (AvgIpc) is 3.38. The SMILES string of the molecule is COC(=O)C1Cc2ccc(S(=O)(=O)NC(=O)[C@@H]3C[C@H]3c3ccc(Br)cc3)cc2C1. The van der Waals surface area contributed by atoms with Gasteiger partial charge in [0.25, 0.3) is 10.0 Å². The van der Waals surface area contributed by atoms with Crippen molar-refractivity contribution in [2.24, 2.45) is 11.8 Å². The molecule has 0 saturated heterocycles. The number of hydrogen-bond donors (Lipinski definition) is 1. The number of carbonyl (C=O) groups is 2. The van der Waals surface area contributed by atoms with Crippen LogP contribution >= 0.6 is 15.9 Å². The van der Waals surface area contributed by atoms with Gasteiger partial charge in [-0.15, -0.1) is 0 Å². The first-order chi connectivity index (χ1) is 13.8. The highest BCUT2D eigenvalue weighted by molar-refractivity contribution is 9.10. The summed E-state index contributed by atoms with van der Waals surface area (Å²) >= 11 is 3.38. The van der Waals surface area contributed by atoms with Crippen LogP contribution in [-0.4, -0.2) is 27.4 Å². The van der Waals surface area contributed by atoms with E-state index in [9.17, 15) is 18.0 Å². The van der Waals surface area contributed by atoms with Crippen LogP contribution in [0.15, 0.2) is 51.8 Å². The number of esters is 1. The van der Waals surface area contributed by atoms with Crippen LogP contribution < -0.4 is 4.72 Å². The van der Waals surface area contributed by atoms with Crippen molar-refractivity contribution in [3.8, 4) is 0 Å². The largest absolute Gasteiger partial charge is 0.469 e.